The summed E-state index contributed by atoms with van der Waals surface area (Å²) >= 11 is 0. The number of amides is 1. The molecule has 27 heavy (non-hydrogen) atoms. The fraction of sp³-hybridized carbons (Fsp3) is 0.636. The van der Waals surface area contributed by atoms with E-state index >= 15 is 0 Å². The van der Waals surface area contributed by atoms with Gasteiger partial charge in [-0.3, -0.25) is 4.79 Å². The van der Waals surface area contributed by atoms with Gasteiger partial charge < -0.3 is 14.8 Å². The SMILES string of the molecule is CC[C@H](C)NC(=O)[C@@H]1CCCN(c2nc3ccccc3n2CCC(C)C)C1. The number of aryl methyl sites for hydroxylation is 1. The number of carbonyl (C=O) groups is 1. The second kappa shape index (κ2) is 8.77. The van der Waals surface area contributed by atoms with E-state index in [1.807, 2.05) is 6.07 Å². The molecular formula is C22H34N4O. The van der Waals surface area contributed by atoms with Crippen LogP contribution in [0.1, 0.15) is 53.4 Å². The summed E-state index contributed by atoms with van der Waals surface area (Å²) in [5, 5.41) is 3.16. The minimum Gasteiger partial charge on any atom is -0.353 e. The van der Waals surface area contributed by atoms with Gasteiger partial charge in [0.1, 0.15) is 0 Å². The highest BCUT2D eigenvalue weighted by Crippen LogP contribution is 2.28. The molecule has 0 unspecified atom stereocenters. The van der Waals surface area contributed by atoms with Crippen molar-refractivity contribution >= 4 is 22.9 Å². The first-order valence-electron chi connectivity index (χ1n) is 10.5. The van der Waals surface area contributed by atoms with Crippen molar-refractivity contribution in [3.8, 4) is 0 Å². The summed E-state index contributed by atoms with van der Waals surface area (Å²) in [6, 6.07) is 8.61. The molecule has 1 fully saturated rings. The molecule has 1 aromatic heterocycles. The lowest BCUT2D eigenvalue weighted by molar-refractivity contribution is -0.125. The molecule has 0 bridgehead atoms. The molecule has 1 aromatic carbocycles. The minimum atomic E-state index is 0.0473. The summed E-state index contributed by atoms with van der Waals surface area (Å²) in [4.78, 5) is 19.9. The average Bonchev–Trinajstić information content (AvgIpc) is 3.05. The van der Waals surface area contributed by atoms with E-state index < -0.39 is 0 Å². The zero-order chi connectivity index (χ0) is 19.4. The second-order valence-corrected chi connectivity index (χ2v) is 8.34. The van der Waals surface area contributed by atoms with Crippen LogP contribution in [-0.2, 0) is 11.3 Å². The highest BCUT2D eigenvalue weighted by Gasteiger charge is 2.29. The summed E-state index contributed by atoms with van der Waals surface area (Å²) in [5.41, 5.74) is 2.24. The van der Waals surface area contributed by atoms with Crippen molar-refractivity contribution in [3.63, 3.8) is 0 Å². The molecule has 5 heteroatoms. The first-order chi connectivity index (χ1) is 13.0. The highest BCUT2D eigenvalue weighted by molar-refractivity contribution is 5.81. The van der Waals surface area contributed by atoms with Crippen molar-refractivity contribution in [2.75, 3.05) is 18.0 Å². The van der Waals surface area contributed by atoms with Crippen LogP contribution in [0.15, 0.2) is 24.3 Å². The van der Waals surface area contributed by atoms with Crippen LogP contribution in [0.2, 0.25) is 0 Å². The Balaban J connectivity index is 1.83. The van der Waals surface area contributed by atoms with Gasteiger partial charge in [0.05, 0.1) is 17.0 Å². The summed E-state index contributed by atoms with van der Waals surface area (Å²) in [6.07, 6.45) is 4.09. The number of imidazole rings is 1. The lowest BCUT2D eigenvalue weighted by Crippen LogP contribution is -2.46. The molecule has 0 saturated carbocycles. The smallest absolute Gasteiger partial charge is 0.225 e. The Hall–Kier alpha value is -2.04. The van der Waals surface area contributed by atoms with E-state index in [9.17, 15) is 4.79 Å². The van der Waals surface area contributed by atoms with Gasteiger partial charge in [-0.15, -0.1) is 0 Å². The maximum Gasteiger partial charge on any atom is 0.225 e. The molecule has 1 N–H and O–H groups in total. The van der Waals surface area contributed by atoms with Gasteiger partial charge in [0, 0.05) is 25.7 Å². The Morgan fingerprint density at radius 2 is 2.07 bits per heavy atom. The molecule has 148 valence electrons. The van der Waals surface area contributed by atoms with Crippen molar-refractivity contribution in [2.45, 2.75) is 66.0 Å². The predicted molar refractivity (Wildman–Crippen MR) is 112 cm³/mol. The second-order valence-electron chi connectivity index (χ2n) is 8.34. The zero-order valence-electron chi connectivity index (χ0n) is 17.2. The number of nitrogens with zero attached hydrogens (tertiary/aromatic N) is 3. The number of anilines is 1. The van der Waals surface area contributed by atoms with E-state index in [2.05, 4.69) is 60.7 Å². The Morgan fingerprint density at radius 1 is 1.30 bits per heavy atom. The number of aromatic nitrogens is 2. The molecule has 3 rings (SSSR count). The molecule has 1 saturated heterocycles. The molecular weight excluding hydrogens is 336 g/mol. The topological polar surface area (TPSA) is 50.2 Å². The number of carbonyl (C=O) groups excluding carboxylic acids is 1. The molecule has 2 atom stereocenters. The fourth-order valence-corrected chi connectivity index (χ4v) is 3.75. The monoisotopic (exact) mass is 370 g/mol. The van der Waals surface area contributed by atoms with Crippen molar-refractivity contribution < 1.29 is 4.79 Å². The third-order valence-electron chi connectivity index (χ3n) is 5.64. The van der Waals surface area contributed by atoms with Gasteiger partial charge in [0.15, 0.2) is 0 Å². The number of benzene rings is 1. The van der Waals surface area contributed by atoms with Crippen LogP contribution < -0.4 is 10.2 Å². The predicted octanol–water partition coefficient (Wildman–Crippen LogP) is 4.21. The van der Waals surface area contributed by atoms with Gasteiger partial charge in [0.25, 0.3) is 0 Å². The molecule has 1 aliphatic rings. The van der Waals surface area contributed by atoms with Gasteiger partial charge in [-0.25, -0.2) is 4.98 Å². The van der Waals surface area contributed by atoms with Crippen LogP contribution in [0.25, 0.3) is 11.0 Å². The van der Waals surface area contributed by atoms with Gasteiger partial charge in [0.2, 0.25) is 11.9 Å². The Morgan fingerprint density at radius 3 is 2.81 bits per heavy atom. The lowest BCUT2D eigenvalue weighted by Gasteiger charge is -2.33. The van der Waals surface area contributed by atoms with Crippen molar-refractivity contribution in [2.24, 2.45) is 11.8 Å². The molecule has 2 aromatic rings. The van der Waals surface area contributed by atoms with Gasteiger partial charge >= 0.3 is 0 Å². The largest absolute Gasteiger partial charge is 0.353 e. The van der Waals surface area contributed by atoms with Crippen molar-refractivity contribution in [1.82, 2.24) is 14.9 Å². The molecule has 0 radical (unpaired) electrons. The number of rotatable bonds is 7. The van der Waals surface area contributed by atoms with E-state index in [1.165, 1.54) is 5.52 Å². The van der Waals surface area contributed by atoms with Crippen LogP contribution in [-0.4, -0.2) is 34.6 Å². The van der Waals surface area contributed by atoms with Crippen LogP contribution in [0, 0.1) is 11.8 Å². The molecule has 1 amide bonds. The van der Waals surface area contributed by atoms with Crippen molar-refractivity contribution in [3.05, 3.63) is 24.3 Å². The van der Waals surface area contributed by atoms with Gasteiger partial charge in [-0.05, 0) is 50.7 Å². The normalized spacial score (nSPS) is 18.9. The zero-order valence-corrected chi connectivity index (χ0v) is 17.2. The number of hydrogen-bond donors (Lipinski definition) is 1. The first-order valence-corrected chi connectivity index (χ1v) is 10.5. The Labute approximate surface area is 163 Å². The van der Waals surface area contributed by atoms with E-state index in [4.69, 9.17) is 4.98 Å². The Kier molecular flexibility index (Phi) is 6.40. The maximum atomic E-state index is 12.7. The van der Waals surface area contributed by atoms with Crippen LogP contribution in [0.3, 0.4) is 0 Å². The molecule has 1 aliphatic heterocycles. The molecule has 0 aliphatic carbocycles. The molecule has 2 heterocycles. The summed E-state index contributed by atoms with van der Waals surface area (Å²) in [7, 11) is 0. The summed E-state index contributed by atoms with van der Waals surface area (Å²) < 4.78 is 2.35. The van der Waals surface area contributed by atoms with E-state index in [-0.39, 0.29) is 17.9 Å². The van der Waals surface area contributed by atoms with Gasteiger partial charge in [-0.1, -0.05) is 32.9 Å². The van der Waals surface area contributed by atoms with Crippen LogP contribution in [0.4, 0.5) is 5.95 Å². The number of piperidine rings is 1. The molecule has 0 spiro atoms. The minimum absolute atomic E-state index is 0.0473. The number of nitrogens with one attached hydrogen (secondary N) is 1. The standard InChI is InChI=1S/C22H34N4O/c1-5-17(4)23-21(27)18-9-8-13-25(15-18)22-24-19-10-6-7-11-20(19)26(22)14-12-16(2)3/h6-7,10-11,16-18H,5,8-9,12-15H2,1-4H3,(H,23,27)/t17-,18+/m0/s1. The summed E-state index contributed by atoms with van der Waals surface area (Å²) in [6.45, 7) is 11.4. The van der Waals surface area contributed by atoms with E-state index in [0.717, 1.165) is 56.8 Å². The first kappa shape index (κ1) is 19.7. The van der Waals surface area contributed by atoms with Crippen LogP contribution in [0.5, 0.6) is 0 Å². The highest BCUT2D eigenvalue weighted by atomic mass is 16.2. The quantitative estimate of drug-likeness (QED) is 0.794. The number of hydrogen-bond acceptors (Lipinski definition) is 3. The van der Waals surface area contributed by atoms with Gasteiger partial charge in [-0.2, -0.15) is 0 Å². The third-order valence-corrected chi connectivity index (χ3v) is 5.64. The molecule has 5 nitrogen and oxygen atoms in total. The number of para-hydroxylation sites is 2. The van der Waals surface area contributed by atoms with E-state index in [1.54, 1.807) is 0 Å². The third kappa shape index (κ3) is 4.63. The maximum absolute atomic E-state index is 12.7. The summed E-state index contributed by atoms with van der Waals surface area (Å²) in [5.74, 6) is 1.91. The average molecular weight is 371 g/mol. The fourth-order valence-electron chi connectivity index (χ4n) is 3.75. The lowest BCUT2D eigenvalue weighted by atomic mass is 9.97. The van der Waals surface area contributed by atoms with E-state index in [0.29, 0.717) is 5.92 Å². The van der Waals surface area contributed by atoms with Crippen LogP contribution >= 0.6 is 0 Å². The van der Waals surface area contributed by atoms with Crippen molar-refractivity contribution in [1.29, 1.82) is 0 Å². The Bertz CT molecular complexity index is 767. The number of fused-ring (bicyclic) bond motifs is 1.